The van der Waals surface area contributed by atoms with Crippen LogP contribution in [0.4, 0.5) is 0 Å². The Bertz CT molecular complexity index is 473. The van der Waals surface area contributed by atoms with Crippen LogP contribution < -0.4 is 15.4 Å². The lowest BCUT2D eigenvalue weighted by Crippen LogP contribution is -2.43. The van der Waals surface area contributed by atoms with E-state index in [1.165, 1.54) is 0 Å². The molecule has 1 aliphatic heterocycles. The van der Waals surface area contributed by atoms with Crippen molar-refractivity contribution in [3.63, 3.8) is 0 Å². The molecule has 1 heterocycles. The molecule has 1 fully saturated rings. The number of aliphatic imine (C=N–C) groups is 1. The normalized spacial score (nSPS) is 17.6. The molecule has 0 radical (unpaired) electrons. The average molecular weight is 321 g/mol. The van der Waals surface area contributed by atoms with Crippen molar-refractivity contribution >= 4 is 5.96 Å². The zero-order valence-electron chi connectivity index (χ0n) is 13.8. The molecule has 0 spiro atoms. The number of nitrogens with one attached hydrogen (secondary N) is 2. The third kappa shape index (κ3) is 6.46. The van der Waals surface area contributed by atoms with Crippen LogP contribution >= 0.6 is 0 Å². The van der Waals surface area contributed by atoms with Gasteiger partial charge in [-0.25, -0.2) is 0 Å². The van der Waals surface area contributed by atoms with E-state index in [1.54, 1.807) is 0 Å². The van der Waals surface area contributed by atoms with E-state index in [4.69, 9.17) is 9.47 Å². The second-order valence-electron chi connectivity index (χ2n) is 5.62. The summed E-state index contributed by atoms with van der Waals surface area (Å²) in [6.07, 6.45) is 1.26. The first kappa shape index (κ1) is 17.6. The monoisotopic (exact) mass is 321 g/mol. The van der Waals surface area contributed by atoms with Crippen LogP contribution in [0.1, 0.15) is 19.8 Å². The zero-order chi connectivity index (χ0) is 16.4. The van der Waals surface area contributed by atoms with E-state index in [1.807, 2.05) is 37.3 Å². The number of hydrogen-bond donors (Lipinski definition) is 3. The number of hydrogen-bond acceptors (Lipinski definition) is 4. The Labute approximate surface area is 137 Å². The Hall–Kier alpha value is -1.79. The van der Waals surface area contributed by atoms with Crippen molar-refractivity contribution in [1.82, 2.24) is 10.6 Å². The third-order valence-corrected chi connectivity index (χ3v) is 3.71. The molecular formula is C17H27N3O3. The molecule has 23 heavy (non-hydrogen) atoms. The van der Waals surface area contributed by atoms with Gasteiger partial charge in [-0.2, -0.15) is 0 Å². The topological polar surface area (TPSA) is 75.1 Å². The molecule has 0 atom stereocenters. The molecule has 0 bridgehead atoms. The van der Waals surface area contributed by atoms with Crippen LogP contribution in [0.25, 0.3) is 0 Å². The number of para-hydroxylation sites is 1. The molecule has 1 aromatic carbocycles. The van der Waals surface area contributed by atoms with Gasteiger partial charge < -0.3 is 25.2 Å². The van der Waals surface area contributed by atoms with E-state index in [-0.39, 0.29) is 0 Å². The lowest BCUT2D eigenvalue weighted by Gasteiger charge is -2.30. The molecule has 1 aromatic rings. The van der Waals surface area contributed by atoms with Crippen molar-refractivity contribution in [3.8, 4) is 5.75 Å². The number of benzene rings is 1. The van der Waals surface area contributed by atoms with Crippen molar-refractivity contribution in [2.45, 2.75) is 25.4 Å². The van der Waals surface area contributed by atoms with E-state index < -0.39 is 5.60 Å². The number of ether oxygens (including phenoxy) is 2. The van der Waals surface area contributed by atoms with Crippen molar-refractivity contribution in [1.29, 1.82) is 0 Å². The summed E-state index contributed by atoms with van der Waals surface area (Å²) in [5.74, 6) is 1.55. The highest BCUT2D eigenvalue weighted by Crippen LogP contribution is 2.20. The van der Waals surface area contributed by atoms with Crippen LogP contribution in [0.2, 0.25) is 0 Å². The molecule has 0 unspecified atom stereocenters. The van der Waals surface area contributed by atoms with Gasteiger partial charge in [0.05, 0.1) is 18.7 Å². The lowest BCUT2D eigenvalue weighted by atomic mass is 9.95. The second-order valence-corrected chi connectivity index (χ2v) is 5.62. The predicted molar refractivity (Wildman–Crippen MR) is 90.9 cm³/mol. The average Bonchev–Trinajstić information content (AvgIpc) is 2.58. The van der Waals surface area contributed by atoms with Crippen LogP contribution in [0, 0.1) is 0 Å². The van der Waals surface area contributed by atoms with Gasteiger partial charge in [0.25, 0.3) is 0 Å². The van der Waals surface area contributed by atoms with Crippen molar-refractivity contribution in [3.05, 3.63) is 30.3 Å². The van der Waals surface area contributed by atoms with Crippen LogP contribution in [0.3, 0.4) is 0 Å². The molecule has 0 saturated carbocycles. The highest BCUT2D eigenvalue weighted by atomic mass is 16.5. The molecule has 0 aliphatic carbocycles. The standard InChI is InChI=1S/C17H27N3O3/c1-2-18-16(20-14-17(21)8-11-22-12-9-17)19-10-13-23-15-6-4-3-5-7-15/h3-7,21H,2,8-14H2,1H3,(H2,18,19,20). The Morgan fingerprint density at radius 2 is 2.00 bits per heavy atom. The summed E-state index contributed by atoms with van der Waals surface area (Å²) < 4.78 is 10.9. The summed E-state index contributed by atoms with van der Waals surface area (Å²) >= 11 is 0. The highest BCUT2D eigenvalue weighted by molar-refractivity contribution is 5.79. The van der Waals surface area contributed by atoms with Crippen molar-refractivity contribution in [2.75, 3.05) is 39.5 Å². The van der Waals surface area contributed by atoms with Crippen molar-refractivity contribution < 1.29 is 14.6 Å². The molecule has 3 N–H and O–H groups in total. The maximum atomic E-state index is 10.4. The molecule has 0 aromatic heterocycles. The Morgan fingerprint density at radius 1 is 1.26 bits per heavy atom. The Balaban J connectivity index is 1.75. The molecule has 0 amide bonds. The smallest absolute Gasteiger partial charge is 0.191 e. The molecule has 128 valence electrons. The molecule has 1 saturated heterocycles. The van der Waals surface area contributed by atoms with Gasteiger partial charge in [0.1, 0.15) is 12.4 Å². The fraction of sp³-hybridized carbons (Fsp3) is 0.588. The summed E-state index contributed by atoms with van der Waals surface area (Å²) in [5.41, 5.74) is -0.749. The van der Waals surface area contributed by atoms with Gasteiger partial charge in [0.15, 0.2) is 5.96 Å². The summed E-state index contributed by atoms with van der Waals surface area (Å²) in [5, 5.41) is 16.8. The van der Waals surface area contributed by atoms with E-state index in [2.05, 4.69) is 15.6 Å². The molecule has 1 aliphatic rings. The van der Waals surface area contributed by atoms with Gasteiger partial charge in [-0.1, -0.05) is 18.2 Å². The third-order valence-electron chi connectivity index (χ3n) is 3.71. The summed E-state index contributed by atoms with van der Waals surface area (Å²) in [6, 6.07) is 9.72. The fourth-order valence-corrected chi connectivity index (χ4v) is 2.33. The van der Waals surface area contributed by atoms with E-state index >= 15 is 0 Å². The summed E-state index contributed by atoms with van der Waals surface area (Å²) in [4.78, 5) is 4.49. The van der Waals surface area contributed by atoms with Crippen LogP contribution in [0.5, 0.6) is 5.75 Å². The summed E-state index contributed by atoms with van der Waals surface area (Å²) in [6.45, 7) is 5.55. The molecular weight excluding hydrogens is 294 g/mol. The highest BCUT2D eigenvalue weighted by Gasteiger charge is 2.29. The van der Waals surface area contributed by atoms with E-state index in [9.17, 15) is 5.11 Å². The van der Waals surface area contributed by atoms with Crippen LogP contribution in [0.15, 0.2) is 35.3 Å². The molecule has 2 rings (SSSR count). The van der Waals surface area contributed by atoms with Gasteiger partial charge in [0, 0.05) is 32.6 Å². The van der Waals surface area contributed by atoms with Gasteiger partial charge in [-0.3, -0.25) is 4.99 Å². The number of aliphatic hydroxyl groups is 1. The van der Waals surface area contributed by atoms with Crippen LogP contribution in [-0.2, 0) is 4.74 Å². The minimum absolute atomic E-state index is 0.380. The van der Waals surface area contributed by atoms with Gasteiger partial charge in [0.2, 0.25) is 0 Å². The SMILES string of the molecule is CCNC(=NCC1(O)CCOCC1)NCCOc1ccccc1. The van der Waals surface area contributed by atoms with E-state index in [0.29, 0.717) is 51.7 Å². The van der Waals surface area contributed by atoms with Gasteiger partial charge in [-0.15, -0.1) is 0 Å². The van der Waals surface area contributed by atoms with E-state index in [0.717, 1.165) is 12.3 Å². The van der Waals surface area contributed by atoms with Gasteiger partial charge in [-0.05, 0) is 19.1 Å². The quantitative estimate of drug-likeness (QED) is 0.399. The summed E-state index contributed by atoms with van der Waals surface area (Å²) in [7, 11) is 0. The number of rotatable bonds is 7. The van der Waals surface area contributed by atoms with Crippen LogP contribution in [-0.4, -0.2) is 56.1 Å². The molecule has 6 heteroatoms. The van der Waals surface area contributed by atoms with Crippen molar-refractivity contribution in [2.24, 2.45) is 4.99 Å². The maximum Gasteiger partial charge on any atom is 0.191 e. The number of nitrogens with zero attached hydrogens (tertiary/aromatic N) is 1. The number of guanidine groups is 1. The fourth-order valence-electron chi connectivity index (χ4n) is 2.33. The maximum absolute atomic E-state index is 10.4. The first-order valence-corrected chi connectivity index (χ1v) is 8.22. The lowest BCUT2D eigenvalue weighted by molar-refractivity contribution is -0.0565. The minimum Gasteiger partial charge on any atom is -0.492 e. The first-order chi connectivity index (χ1) is 11.2. The molecule has 6 nitrogen and oxygen atoms in total. The minimum atomic E-state index is -0.749. The largest absolute Gasteiger partial charge is 0.492 e. The Kier molecular flexibility index (Phi) is 7.16. The predicted octanol–water partition coefficient (Wildman–Crippen LogP) is 1.16. The Morgan fingerprint density at radius 3 is 2.70 bits per heavy atom. The van der Waals surface area contributed by atoms with Gasteiger partial charge >= 0.3 is 0 Å². The first-order valence-electron chi connectivity index (χ1n) is 8.22. The zero-order valence-corrected chi connectivity index (χ0v) is 13.8. The second kappa shape index (κ2) is 9.37.